The van der Waals surface area contributed by atoms with Gasteiger partial charge in [0.15, 0.2) is 5.76 Å². The Morgan fingerprint density at radius 1 is 1.53 bits per heavy atom. The predicted octanol–water partition coefficient (Wildman–Crippen LogP) is 0.742. The van der Waals surface area contributed by atoms with Gasteiger partial charge in [0.05, 0.1) is 17.3 Å². The molecule has 1 rings (SSSR count). The van der Waals surface area contributed by atoms with Crippen molar-refractivity contribution in [2.45, 2.75) is 12.2 Å². The third-order valence-corrected chi connectivity index (χ3v) is 2.94. The van der Waals surface area contributed by atoms with Gasteiger partial charge in [0.25, 0.3) is 5.91 Å². The number of nitrogens with one attached hydrogen (secondary N) is 1. The standard InChI is InChI=1S/C10H11NO5S/c1-6(10(14)15)17-5-8(12)11-9(13)7-3-2-4-16-7/h2-4,6H,5H2,1H3,(H,14,15)(H,11,12,13). The molecule has 0 spiro atoms. The van der Waals surface area contributed by atoms with Gasteiger partial charge in [-0.3, -0.25) is 19.7 Å². The third-order valence-electron chi connectivity index (χ3n) is 1.81. The zero-order valence-corrected chi connectivity index (χ0v) is 9.82. The fraction of sp³-hybridized carbons (Fsp3) is 0.300. The van der Waals surface area contributed by atoms with Crippen LogP contribution in [0.15, 0.2) is 22.8 Å². The van der Waals surface area contributed by atoms with Crippen LogP contribution in [-0.2, 0) is 9.59 Å². The van der Waals surface area contributed by atoms with E-state index in [1.54, 1.807) is 0 Å². The van der Waals surface area contributed by atoms with Crippen LogP contribution < -0.4 is 5.32 Å². The molecule has 2 amide bonds. The number of carbonyl (C=O) groups is 3. The number of thioether (sulfide) groups is 1. The average Bonchev–Trinajstić information content (AvgIpc) is 2.78. The van der Waals surface area contributed by atoms with E-state index in [4.69, 9.17) is 9.52 Å². The smallest absolute Gasteiger partial charge is 0.316 e. The first-order valence-corrected chi connectivity index (χ1v) is 5.77. The highest BCUT2D eigenvalue weighted by molar-refractivity contribution is 8.01. The maximum absolute atomic E-state index is 11.3. The van der Waals surface area contributed by atoms with E-state index in [0.717, 1.165) is 11.8 Å². The minimum atomic E-state index is -1.000. The molecule has 0 fully saturated rings. The summed E-state index contributed by atoms with van der Waals surface area (Å²) in [7, 11) is 0. The highest BCUT2D eigenvalue weighted by Crippen LogP contribution is 2.09. The lowest BCUT2D eigenvalue weighted by atomic mass is 10.4. The van der Waals surface area contributed by atoms with E-state index >= 15 is 0 Å². The van der Waals surface area contributed by atoms with Gasteiger partial charge >= 0.3 is 5.97 Å². The quantitative estimate of drug-likeness (QED) is 0.807. The van der Waals surface area contributed by atoms with Gasteiger partial charge in [0.1, 0.15) is 0 Å². The summed E-state index contributed by atoms with van der Waals surface area (Å²) >= 11 is 0.937. The summed E-state index contributed by atoms with van der Waals surface area (Å²) in [5.41, 5.74) is 0. The number of carbonyl (C=O) groups excluding carboxylic acids is 2. The topological polar surface area (TPSA) is 96.6 Å². The Kier molecular flexibility index (Phi) is 4.77. The van der Waals surface area contributed by atoms with E-state index in [0.29, 0.717) is 0 Å². The second-order valence-corrected chi connectivity index (χ2v) is 4.48. The number of furan rings is 1. The normalized spacial score (nSPS) is 11.8. The van der Waals surface area contributed by atoms with Crippen molar-refractivity contribution in [1.29, 1.82) is 0 Å². The first-order valence-electron chi connectivity index (χ1n) is 4.73. The minimum Gasteiger partial charge on any atom is -0.480 e. The molecular weight excluding hydrogens is 246 g/mol. The highest BCUT2D eigenvalue weighted by Gasteiger charge is 2.16. The molecule has 1 unspecified atom stereocenters. The number of rotatable bonds is 5. The number of carboxylic acid groups (broad SMARTS) is 1. The number of hydrogen-bond acceptors (Lipinski definition) is 5. The minimum absolute atomic E-state index is 0.0367. The Bertz CT molecular complexity index is 414. The molecule has 1 atom stereocenters. The van der Waals surface area contributed by atoms with Gasteiger partial charge < -0.3 is 9.52 Å². The molecule has 0 aliphatic rings. The van der Waals surface area contributed by atoms with Crippen molar-refractivity contribution in [3.8, 4) is 0 Å². The van der Waals surface area contributed by atoms with Gasteiger partial charge in [-0.15, -0.1) is 11.8 Å². The molecule has 0 saturated heterocycles. The molecular formula is C10H11NO5S. The van der Waals surface area contributed by atoms with E-state index in [-0.39, 0.29) is 11.5 Å². The number of imide groups is 1. The molecule has 92 valence electrons. The van der Waals surface area contributed by atoms with E-state index in [1.165, 1.54) is 25.3 Å². The summed E-state index contributed by atoms with van der Waals surface area (Å²) < 4.78 is 4.79. The molecule has 0 aliphatic carbocycles. The van der Waals surface area contributed by atoms with Crippen LogP contribution in [0.5, 0.6) is 0 Å². The lowest BCUT2D eigenvalue weighted by Crippen LogP contribution is -2.32. The Balaban J connectivity index is 2.35. The van der Waals surface area contributed by atoms with E-state index in [2.05, 4.69) is 5.32 Å². The molecule has 1 aromatic heterocycles. The molecule has 6 nitrogen and oxygen atoms in total. The zero-order chi connectivity index (χ0) is 12.8. The summed E-state index contributed by atoms with van der Waals surface area (Å²) in [6.07, 6.45) is 1.32. The molecule has 1 aromatic rings. The second kappa shape index (κ2) is 6.09. The lowest BCUT2D eigenvalue weighted by Gasteiger charge is -2.05. The summed E-state index contributed by atoms with van der Waals surface area (Å²) in [4.78, 5) is 33.1. The van der Waals surface area contributed by atoms with Gasteiger partial charge in [-0.25, -0.2) is 0 Å². The number of amides is 2. The van der Waals surface area contributed by atoms with Gasteiger partial charge in [-0.2, -0.15) is 0 Å². The SMILES string of the molecule is CC(SCC(=O)NC(=O)c1ccco1)C(=O)O. The Morgan fingerprint density at radius 3 is 2.76 bits per heavy atom. The van der Waals surface area contributed by atoms with Crippen molar-refractivity contribution >= 4 is 29.5 Å². The van der Waals surface area contributed by atoms with Crippen LogP contribution in [0.3, 0.4) is 0 Å². The van der Waals surface area contributed by atoms with E-state index < -0.39 is 23.0 Å². The maximum Gasteiger partial charge on any atom is 0.316 e. The molecule has 0 radical (unpaired) electrons. The van der Waals surface area contributed by atoms with Crippen molar-refractivity contribution in [3.05, 3.63) is 24.2 Å². The van der Waals surface area contributed by atoms with Gasteiger partial charge in [0, 0.05) is 0 Å². The summed E-state index contributed by atoms with van der Waals surface area (Å²) in [6, 6.07) is 2.95. The van der Waals surface area contributed by atoms with Crippen LogP contribution in [0.25, 0.3) is 0 Å². The molecule has 0 aliphatic heterocycles. The molecule has 1 heterocycles. The molecule has 0 saturated carbocycles. The summed E-state index contributed by atoms with van der Waals surface area (Å²) in [6.45, 7) is 1.47. The van der Waals surface area contributed by atoms with Crippen LogP contribution in [-0.4, -0.2) is 33.9 Å². The van der Waals surface area contributed by atoms with Gasteiger partial charge in [0.2, 0.25) is 5.91 Å². The molecule has 17 heavy (non-hydrogen) atoms. The number of carboxylic acids is 1. The first-order chi connectivity index (χ1) is 8.00. The van der Waals surface area contributed by atoms with Crippen LogP contribution in [0.1, 0.15) is 17.5 Å². The van der Waals surface area contributed by atoms with Gasteiger partial charge in [-0.1, -0.05) is 0 Å². The highest BCUT2D eigenvalue weighted by atomic mass is 32.2. The zero-order valence-electron chi connectivity index (χ0n) is 9.00. The van der Waals surface area contributed by atoms with Crippen LogP contribution >= 0.6 is 11.8 Å². The first kappa shape index (κ1) is 13.3. The largest absolute Gasteiger partial charge is 0.480 e. The van der Waals surface area contributed by atoms with Crippen molar-refractivity contribution in [2.24, 2.45) is 0 Å². The fourth-order valence-corrected chi connectivity index (χ4v) is 1.52. The van der Waals surface area contributed by atoms with Crippen molar-refractivity contribution in [3.63, 3.8) is 0 Å². The van der Waals surface area contributed by atoms with E-state index in [1.807, 2.05) is 0 Å². The fourth-order valence-electron chi connectivity index (χ4n) is 0.904. The van der Waals surface area contributed by atoms with Gasteiger partial charge in [-0.05, 0) is 19.1 Å². The summed E-state index contributed by atoms with van der Waals surface area (Å²) in [5, 5.41) is 9.99. The maximum atomic E-state index is 11.3. The lowest BCUT2D eigenvalue weighted by molar-refractivity contribution is -0.136. The van der Waals surface area contributed by atoms with Crippen LogP contribution in [0.4, 0.5) is 0 Å². The van der Waals surface area contributed by atoms with Crippen LogP contribution in [0, 0.1) is 0 Å². The molecule has 7 heteroatoms. The van der Waals surface area contributed by atoms with E-state index in [9.17, 15) is 14.4 Å². The number of aliphatic carboxylic acids is 1. The molecule has 2 N–H and O–H groups in total. The Morgan fingerprint density at radius 2 is 2.24 bits per heavy atom. The monoisotopic (exact) mass is 257 g/mol. The number of hydrogen-bond donors (Lipinski definition) is 2. The molecule has 0 bridgehead atoms. The second-order valence-electron chi connectivity index (χ2n) is 3.15. The third kappa shape index (κ3) is 4.31. The average molecular weight is 257 g/mol. The predicted molar refractivity (Wildman–Crippen MR) is 60.7 cm³/mol. The Labute approximate surface area is 101 Å². The van der Waals surface area contributed by atoms with Crippen molar-refractivity contribution in [1.82, 2.24) is 5.32 Å². The Hall–Kier alpha value is -1.76. The van der Waals surface area contributed by atoms with Crippen molar-refractivity contribution < 1.29 is 23.9 Å². The summed E-state index contributed by atoms with van der Waals surface area (Å²) in [5.74, 6) is -2.25. The molecule has 0 aromatic carbocycles. The van der Waals surface area contributed by atoms with Crippen LogP contribution in [0.2, 0.25) is 0 Å². The van der Waals surface area contributed by atoms with Crippen molar-refractivity contribution in [2.75, 3.05) is 5.75 Å².